The molecule has 0 saturated carbocycles. The summed E-state index contributed by atoms with van der Waals surface area (Å²) in [6, 6.07) is 9.71. The first-order valence-electron chi connectivity index (χ1n) is 6.20. The van der Waals surface area contributed by atoms with Gasteiger partial charge in [0.2, 0.25) is 5.91 Å². The zero-order valence-corrected chi connectivity index (χ0v) is 12.7. The van der Waals surface area contributed by atoms with Crippen LogP contribution in [0.4, 0.5) is 15.8 Å². The van der Waals surface area contributed by atoms with Gasteiger partial charge in [0, 0.05) is 5.69 Å². The van der Waals surface area contributed by atoms with Gasteiger partial charge >= 0.3 is 0 Å². The number of hydrogen-bond donors (Lipinski definition) is 2. The van der Waals surface area contributed by atoms with E-state index in [1.54, 1.807) is 6.07 Å². The molecule has 0 spiro atoms. The molecule has 0 fully saturated rings. The van der Waals surface area contributed by atoms with Crippen LogP contribution in [0.3, 0.4) is 0 Å². The third-order valence-corrected chi connectivity index (χ3v) is 3.33. The maximum atomic E-state index is 13.1. The molecule has 0 saturated heterocycles. The van der Waals surface area contributed by atoms with Crippen LogP contribution in [0.5, 0.6) is 0 Å². The topological polar surface area (TPSA) is 41.1 Å². The predicted molar refractivity (Wildman–Crippen MR) is 84.7 cm³/mol. The number of carbonyl (C=O) groups excluding carboxylic acids is 1. The number of amides is 1. The van der Waals surface area contributed by atoms with Crippen molar-refractivity contribution in [2.45, 2.75) is 6.92 Å². The molecule has 0 aliphatic heterocycles. The van der Waals surface area contributed by atoms with E-state index in [1.165, 1.54) is 0 Å². The molecular formula is C15H13Cl2FN2O. The van der Waals surface area contributed by atoms with Gasteiger partial charge in [0.1, 0.15) is 5.82 Å². The maximum absolute atomic E-state index is 13.1. The highest BCUT2D eigenvalue weighted by atomic mass is 35.5. The molecule has 21 heavy (non-hydrogen) atoms. The number of hydrogen-bond acceptors (Lipinski definition) is 2. The van der Waals surface area contributed by atoms with Crippen molar-refractivity contribution in [1.82, 2.24) is 0 Å². The fraction of sp³-hybridized carbons (Fsp3) is 0.133. The molecule has 2 aromatic rings. The van der Waals surface area contributed by atoms with Crippen LogP contribution in [-0.4, -0.2) is 12.5 Å². The van der Waals surface area contributed by atoms with E-state index in [1.807, 2.05) is 25.1 Å². The van der Waals surface area contributed by atoms with Crippen LogP contribution in [-0.2, 0) is 4.79 Å². The molecule has 0 bridgehead atoms. The highest BCUT2D eigenvalue weighted by Gasteiger charge is 2.10. The van der Waals surface area contributed by atoms with E-state index in [9.17, 15) is 9.18 Å². The van der Waals surface area contributed by atoms with Gasteiger partial charge in [-0.1, -0.05) is 35.3 Å². The number of carbonyl (C=O) groups is 1. The van der Waals surface area contributed by atoms with Crippen LogP contribution in [0.25, 0.3) is 0 Å². The first-order valence-corrected chi connectivity index (χ1v) is 6.96. The Balaban J connectivity index is 1.99. The Labute approximate surface area is 132 Å². The maximum Gasteiger partial charge on any atom is 0.243 e. The lowest BCUT2D eigenvalue weighted by Gasteiger charge is -2.11. The zero-order chi connectivity index (χ0) is 15.4. The molecule has 0 aliphatic rings. The highest BCUT2D eigenvalue weighted by Crippen LogP contribution is 2.31. The summed E-state index contributed by atoms with van der Waals surface area (Å²) in [5, 5.41) is 5.80. The molecule has 1 amide bonds. The molecule has 2 aromatic carbocycles. The van der Waals surface area contributed by atoms with Crippen LogP contribution in [0.15, 0.2) is 36.4 Å². The van der Waals surface area contributed by atoms with Gasteiger partial charge in [-0.3, -0.25) is 4.79 Å². The van der Waals surface area contributed by atoms with Crippen LogP contribution in [0, 0.1) is 12.7 Å². The number of benzene rings is 2. The van der Waals surface area contributed by atoms with Gasteiger partial charge in [-0.2, -0.15) is 0 Å². The van der Waals surface area contributed by atoms with Gasteiger partial charge in [-0.25, -0.2) is 4.39 Å². The second-order valence-electron chi connectivity index (χ2n) is 4.52. The molecule has 0 aliphatic carbocycles. The Kier molecular flexibility index (Phi) is 5.04. The first kappa shape index (κ1) is 15.6. The van der Waals surface area contributed by atoms with E-state index in [0.717, 1.165) is 17.7 Å². The Hall–Kier alpha value is -1.78. The van der Waals surface area contributed by atoms with Crippen molar-refractivity contribution in [1.29, 1.82) is 0 Å². The van der Waals surface area contributed by atoms with Crippen LogP contribution in [0.1, 0.15) is 5.56 Å². The summed E-state index contributed by atoms with van der Waals surface area (Å²) in [5.41, 5.74) is 2.09. The van der Waals surface area contributed by atoms with Crippen LogP contribution in [0.2, 0.25) is 10.0 Å². The molecule has 110 valence electrons. The van der Waals surface area contributed by atoms with E-state index in [4.69, 9.17) is 23.2 Å². The standard InChI is InChI=1S/C15H13Cl2FN2O/c1-9-3-2-4-11(5-9)20-14(21)8-19-15-12(16)6-10(18)7-13(15)17/h2-7,19H,8H2,1H3,(H,20,21). The average molecular weight is 327 g/mol. The third-order valence-electron chi connectivity index (χ3n) is 2.73. The Bertz CT molecular complexity index is 653. The minimum absolute atomic E-state index is 0.0288. The summed E-state index contributed by atoms with van der Waals surface area (Å²) in [5.74, 6) is -0.781. The summed E-state index contributed by atoms with van der Waals surface area (Å²) in [6.07, 6.45) is 0. The van der Waals surface area contributed by atoms with Crippen molar-refractivity contribution < 1.29 is 9.18 Å². The molecule has 0 aromatic heterocycles. The molecule has 0 radical (unpaired) electrons. The van der Waals surface area contributed by atoms with Gasteiger partial charge < -0.3 is 10.6 Å². The van der Waals surface area contributed by atoms with E-state index in [-0.39, 0.29) is 22.5 Å². The fourth-order valence-electron chi connectivity index (χ4n) is 1.81. The van der Waals surface area contributed by atoms with Gasteiger partial charge in [0.25, 0.3) is 0 Å². The molecule has 3 nitrogen and oxygen atoms in total. The van der Waals surface area contributed by atoms with E-state index >= 15 is 0 Å². The monoisotopic (exact) mass is 326 g/mol. The van der Waals surface area contributed by atoms with Gasteiger partial charge in [-0.05, 0) is 36.8 Å². The number of aryl methyl sites for hydroxylation is 1. The van der Waals surface area contributed by atoms with Gasteiger partial charge in [0.15, 0.2) is 0 Å². The summed E-state index contributed by atoms with van der Waals surface area (Å²) < 4.78 is 13.1. The minimum Gasteiger partial charge on any atom is -0.374 e. The molecule has 0 atom stereocenters. The fourth-order valence-corrected chi connectivity index (χ4v) is 2.40. The molecule has 0 heterocycles. The van der Waals surface area contributed by atoms with Crippen molar-refractivity contribution in [3.63, 3.8) is 0 Å². The molecule has 2 N–H and O–H groups in total. The Morgan fingerprint density at radius 3 is 2.48 bits per heavy atom. The summed E-state index contributed by atoms with van der Waals surface area (Å²) in [6.45, 7) is 1.91. The highest BCUT2D eigenvalue weighted by molar-refractivity contribution is 6.39. The average Bonchev–Trinajstić information content (AvgIpc) is 2.37. The van der Waals surface area contributed by atoms with E-state index in [0.29, 0.717) is 11.4 Å². The minimum atomic E-state index is -0.528. The number of nitrogens with one attached hydrogen (secondary N) is 2. The lowest BCUT2D eigenvalue weighted by Crippen LogP contribution is -2.22. The molecule has 6 heteroatoms. The second-order valence-corrected chi connectivity index (χ2v) is 5.33. The zero-order valence-electron chi connectivity index (χ0n) is 11.2. The largest absolute Gasteiger partial charge is 0.374 e. The second kappa shape index (κ2) is 6.78. The number of halogens is 3. The summed E-state index contributed by atoms with van der Waals surface area (Å²) >= 11 is 11.8. The third kappa shape index (κ3) is 4.34. The predicted octanol–water partition coefficient (Wildman–Crippen LogP) is 4.49. The number of anilines is 2. The molecule has 2 rings (SSSR count). The molecular weight excluding hydrogens is 314 g/mol. The number of rotatable bonds is 4. The normalized spacial score (nSPS) is 10.3. The summed E-state index contributed by atoms with van der Waals surface area (Å²) in [4.78, 5) is 11.9. The van der Waals surface area contributed by atoms with Crippen molar-refractivity contribution in [2.24, 2.45) is 0 Å². The van der Waals surface area contributed by atoms with E-state index in [2.05, 4.69) is 10.6 Å². The lowest BCUT2D eigenvalue weighted by atomic mass is 10.2. The van der Waals surface area contributed by atoms with E-state index < -0.39 is 5.82 Å². The SMILES string of the molecule is Cc1cccc(NC(=O)CNc2c(Cl)cc(F)cc2Cl)c1. The summed E-state index contributed by atoms with van der Waals surface area (Å²) in [7, 11) is 0. The van der Waals surface area contributed by atoms with Crippen LogP contribution < -0.4 is 10.6 Å². The van der Waals surface area contributed by atoms with Gasteiger partial charge in [-0.15, -0.1) is 0 Å². The first-order chi connectivity index (χ1) is 9.95. The lowest BCUT2D eigenvalue weighted by molar-refractivity contribution is -0.114. The van der Waals surface area contributed by atoms with Crippen molar-refractivity contribution in [3.8, 4) is 0 Å². The van der Waals surface area contributed by atoms with Crippen LogP contribution >= 0.6 is 23.2 Å². The smallest absolute Gasteiger partial charge is 0.243 e. The van der Waals surface area contributed by atoms with Gasteiger partial charge in [0.05, 0.1) is 22.3 Å². The Morgan fingerprint density at radius 1 is 1.19 bits per heavy atom. The molecule has 0 unspecified atom stereocenters. The van der Waals surface area contributed by atoms with Crippen molar-refractivity contribution in [2.75, 3.05) is 17.2 Å². The van der Waals surface area contributed by atoms with Crippen molar-refractivity contribution in [3.05, 3.63) is 57.8 Å². The van der Waals surface area contributed by atoms with Crippen molar-refractivity contribution >= 4 is 40.5 Å². The Morgan fingerprint density at radius 2 is 1.86 bits per heavy atom. The quantitative estimate of drug-likeness (QED) is 0.869.